The summed E-state index contributed by atoms with van der Waals surface area (Å²) in [4.78, 5) is 14.6. The number of aliphatic hydroxyl groups excluding tert-OH is 2. The number of fused-ring (bicyclic) bond motifs is 1. The molecular formula is C15H22N6O3. The van der Waals surface area contributed by atoms with Crippen LogP contribution in [-0.4, -0.2) is 72.6 Å². The van der Waals surface area contributed by atoms with Gasteiger partial charge in [0.1, 0.15) is 24.1 Å². The molecule has 4 heterocycles. The molecular weight excluding hydrogens is 312 g/mol. The third kappa shape index (κ3) is 2.44. The molecule has 0 saturated carbocycles. The Labute approximate surface area is 139 Å². The summed E-state index contributed by atoms with van der Waals surface area (Å²) in [7, 11) is 0. The van der Waals surface area contributed by atoms with Crippen LogP contribution in [0.4, 0.5) is 5.82 Å². The topological polar surface area (TPSA) is 123 Å². The number of aliphatic hydroxyl groups is 2. The molecule has 0 spiro atoms. The molecule has 0 unspecified atom stereocenters. The van der Waals surface area contributed by atoms with E-state index in [-0.39, 0.29) is 18.5 Å². The van der Waals surface area contributed by atoms with Crippen LogP contribution >= 0.6 is 0 Å². The van der Waals surface area contributed by atoms with Gasteiger partial charge in [-0.2, -0.15) is 0 Å². The Morgan fingerprint density at radius 3 is 2.75 bits per heavy atom. The van der Waals surface area contributed by atoms with E-state index in [4.69, 9.17) is 10.5 Å². The Kier molecular flexibility index (Phi) is 4.09. The summed E-state index contributed by atoms with van der Waals surface area (Å²) in [6.07, 6.45) is 4.44. The van der Waals surface area contributed by atoms with Gasteiger partial charge in [0.25, 0.3) is 0 Å². The molecule has 0 amide bonds. The molecule has 0 radical (unpaired) electrons. The van der Waals surface area contributed by atoms with E-state index in [1.807, 2.05) is 0 Å². The molecule has 2 aromatic heterocycles. The highest BCUT2D eigenvalue weighted by atomic mass is 16.5. The van der Waals surface area contributed by atoms with Crippen LogP contribution < -0.4 is 5.73 Å². The largest absolute Gasteiger partial charge is 0.394 e. The van der Waals surface area contributed by atoms with Crippen molar-refractivity contribution >= 4 is 17.0 Å². The van der Waals surface area contributed by atoms with Gasteiger partial charge in [-0.05, 0) is 25.9 Å². The van der Waals surface area contributed by atoms with Crippen LogP contribution in [0.25, 0.3) is 11.2 Å². The zero-order chi connectivity index (χ0) is 16.7. The van der Waals surface area contributed by atoms with Crippen molar-refractivity contribution in [2.45, 2.75) is 43.7 Å². The smallest absolute Gasteiger partial charge is 0.167 e. The molecule has 0 aromatic carbocycles. The Balaban J connectivity index is 1.67. The summed E-state index contributed by atoms with van der Waals surface area (Å²) < 4.78 is 7.63. The fourth-order valence-electron chi connectivity index (χ4n) is 3.83. The van der Waals surface area contributed by atoms with Crippen molar-refractivity contribution in [1.29, 1.82) is 0 Å². The molecule has 4 atom stereocenters. The summed E-state index contributed by atoms with van der Waals surface area (Å²) in [5.41, 5.74) is 6.82. The van der Waals surface area contributed by atoms with Crippen molar-refractivity contribution in [3.8, 4) is 0 Å². The number of nitrogens with two attached hydrogens (primary N) is 1. The zero-order valence-corrected chi connectivity index (χ0v) is 13.3. The maximum atomic E-state index is 10.9. The first-order chi connectivity index (χ1) is 11.7. The van der Waals surface area contributed by atoms with Crippen LogP contribution in [0.2, 0.25) is 0 Å². The van der Waals surface area contributed by atoms with Crippen LogP contribution in [0.3, 0.4) is 0 Å². The first-order valence-electron chi connectivity index (χ1n) is 8.32. The molecule has 2 aliphatic rings. The number of anilines is 1. The lowest BCUT2D eigenvalue weighted by Gasteiger charge is -2.35. The van der Waals surface area contributed by atoms with Crippen LogP contribution in [0.15, 0.2) is 12.7 Å². The van der Waals surface area contributed by atoms with E-state index in [2.05, 4.69) is 19.9 Å². The van der Waals surface area contributed by atoms with Gasteiger partial charge in [-0.25, -0.2) is 15.0 Å². The zero-order valence-electron chi connectivity index (χ0n) is 13.3. The first-order valence-corrected chi connectivity index (χ1v) is 8.32. The lowest BCUT2D eigenvalue weighted by molar-refractivity contribution is -0.0500. The van der Waals surface area contributed by atoms with Crippen molar-refractivity contribution in [2.24, 2.45) is 0 Å². The summed E-state index contributed by atoms with van der Waals surface area (Å²) in [6.45, 7) is 1.68. The van der Waals surface area contributed by atoms with E-state index in [0.717, 1.165) is 25.9 Å². The van der Waals surface area contributed by atoms with Gasteiger partial charge in [-0.3, -0.25) is 9.47 Å². The minimum atomic E-state index is -0.783. The third-order valence-electron chi connectivity index (χ3n) is 4.99. The Bertz CT molecular complexity index is 716. The molecule has 9 nitrogen and oxygen atoms in total. The van der Waals surface area contributed by atoms with E-state index in [1.54, 1.807) is 10.9 Å². The number of imidazole rings is 1. The monoisotopic (exact) mass is 334 g/mol. The van der Waals surface area contributed by atoms with E-state index in [1.165, 1.54) is 12.7 Å². The lowest BCUT2D eigenvalue weighted by Crippen LogP contribution is -2.50. The van der Waals surface area contributed by atoms with Crippen LogP contribution in [0.1, 0.15) is 25.5 Å². The first kappa shape index (κ1) is 15.7. The van der Waals surface area contributed by atoms with Gasteiger partial charge < -0.3 is 20.7 Å². The van der Waals surface area contributed by atoms with Crippen molar-refractivity contribution < 1.29 is 14.9 Å². The molecule has 0 bridgehead atoms. The average molecular weight is 334 g/mol. The van der Waals surface area contributed by atoms with Crippen molar-refractivity contribution in [3.63, 3.8) is 0 Å². The molecule has 24 heavy (non-hydrogen) atoms. The molecule has 130 valence electrons. The normalized spacial score (nSPS) is 31.8. The van der Waals surface area contributed by atoms with Crippen molar-refractivity contribution in [2.75, 3.05) is 25.4 Å². The van der Waals surface area contributed by atoms with E-state index < -0.39 is 18.4 Å². The van der Waals surface area contributed by atoms with E-state index in [9.17, 15) is 10.2 Å². The Morgan fingerprint density at radius 1 is 1.21 bits per heavy atom. The van der Waals surface area contributed by atoms with Crippen molar-refractivity contribution in [3.05, 3.63) is 12.7 Å². The minimum absolute atomic E-state index is 0.140. The minimum Gasteiger partial charge on any atom is -0.394 e. The summed E-state index contributed by atoms with van der Waals surface area (Å²) in [6, 6.07) is -0.239. The summed E-state index contributed by atoms with van der Waals surface area (Å²) in [5, 5.41) is 20.6. The Morgan fingerprint density at radius 2 is 2.00 bits per heavy atom. The number of nitrogens with zero attached hydrogens (tertiary/aromatic N) is 5. The highest BCUT2D eigenvalue weighted by Gasteiger charge is 2.47. The quantitative estimate of drug-likeness (QED) is 0.687. The Hall–Kier alpha value is -1.81. The van der Waals surface area contributed by atoms with Crippen LogP contribution in [0.5, 0.6) is 0 Å². The number of nitrogen functional groups attached to an aromatic ring is 1. The van der Waals surface area contributed by atoms with Gasteiger partial charge in [0.05, 0.1) is 19.0 Å². The number of hydrogen-bond acceptors (Lipinski definition) is 8. The number of aromatic nitrogens is 4. The molecule has 4 rings (SSSR count). The van der Waals surface area contributed by atoms with Gasteiger partial charge in [0.15, 0.2) is 17.7 Å². The van der Waals surface area contributed by atoms with Gasteiger partial charge in [0.2, 0.25) is 0 Å². The molecule has 0 aliphatic carbocycles. The lowest BCUT2D eigenvalue weighted by atomic mass is 10.0. The fourth-order valence-corrected chi connectivity index (χ4v) is 3.83. The molecule has 2 aromatic rings. The van der Waals surface area contributed by atoms with Crippen LogP contribution in [-0.2, 0) is 4.74 Å². The number of likely N-dealkylation sites (tertiary alicyclic amines) is 1. The number of hydrogen-bond donors (Lipinski definition) is 3. The summed E-state index contributed by atoms with van der Waals surface area (Å²) in [5.74, 6) is 0.289. The number of ether oxygens (including phenoxy) is 1. The predicted molar refractivity (Wildman–Crippen MR) is 86.0 cm³/mol. The van der Waals surface area contributed by atoms with Crippen LogP contribution in [0, 0.1) is 0 Å². The second-order valence-electron chi connectivity index (χ2n) is 6.41. The molecule has 4 N–H and O–H groups in total. The molecule has 2 fully saturated rings. The van der Waals surface area contributed by atoms with Crippen molar-refractivity contribution in [1.82, 2.24) is 24.4 Å². The maximum Gasteiger partial charge on any atom is 0.167 e. The van der Waals surface area contributed by atoms with Gasteiger partial charge in [-0.1, -0.05) is 6.42 Å². The van der Waals surface area contributed by atoms with E-state index >= 15 is 0 Å². The van der Waals surface area contributed by atoms with Gasteiger partial charge in [-0.15, -0.1) is 0 Å². The maximum absolute atomic E-state index is 10.9. The third-order valence-corrected chi connectivity index (χ3v) is 4.99. The highest BCUT2D eigenvalue weighted by Crippen LogP contribution is 2.35. The van der Waals surface area contributed by atoms with E-state index in [0.29, 0.717) is 11.2 Å². The molecule has 9 heteroatoms. The second-order valence-corrected chi connectivity index (χ2v) is 6.41. The average Bonchev–Trinajstić information content (AvgIpc) is 3.17. The highest BCUT2D eigenvalue weighted by molar-refractivity contribution is 5.81. The number of piperidine rings is 1. The predicted octanol–water partition coefficient (Wildman–Crippen LogP) is -0.486. The SMILES string of the molecule is Nc1ncnc2c1ncn2[C@@H]1O[C@H](CO)[C@@H](N2CCCCC2)[C@@H]1O. The summed E-state index contributed by atoms with van der Waals surface area (Å²) >= 11 is 0. The standard InChI is InChI=1S/C15H22N6O3/c16-13-10-14(18-7-17-13)21(8-19-10)15-12(23)11(9(6-22)24-15)20-4-2-1-3-5-20/h7-9,11-12,15,22-23H,1-6H2,(H2,16,17,18)/t9-,11-,12+,15-/m1/s1. The second kappa shape index (κ2) is 6.25. The molecule has 2 saturated heterocycles. The van der Waals surface area contributed by atoms with Gasteiger partial charge in [0, 0.05) is 0 Å². The molecule has 2 aliphatic heterocycles. The van der Waals surface area contributed by atoms with Gasteiger partial charge >= 0.3 is 0 Å². The fraction of sp³-hybridized carbons (Fsp3) is 0.667. The number of rotatable bonds is 3.